The summed E-state index contributed by atoms with van der Waals surface area (Å²) >= 11 is 0. The quantitative estimate of drug-likeness (QED) is 0.836. The summed E-state index contributed by atoms with van der Waals surface area (Å²) in [6.07, 6.45) is 0.805. The normalized spacial score (nSPS) is 17.8. The van der Waals surface area contributed by atoms with E-state index in [0.717, 1.165) is 23.1 Å². The van der Waals surface area contributed by atoms with Gasteiger partial charge in [0.25, 0.3) is 0 Å². The number of carbonyl (C=O) groups is 1. The summed E-state index contributed by atoms with van der Waals surface area (Å²) in [6.45, 7) is 11.2. The molecule has 1 amide bonds. The Bertz CT molecular complexity index is 697. The van der Waals surface area contributed by atoms with E-state index in [1.165, 1.54) is 4.31 Å². The first-order chi connectivity index (χ1) is 11.2. The van der Waals surface area contributed by atoms with E-state index in [9.17, 15) is 13.2 Å². The molecular weight excluding hydrogens is 324 g/mol. The van der Waals surface area contributed by atoms with Crippen LogP contribution in [0.1, 0.15) is 37.0 Å². The van der Waals surface area contributed by atoms with Gasteiger partial charge in [-0.15, -0.1) is 0 Å². The van der Waals surface area contributed by atoms with Crippen LogP contribution in [0.4, 0.5) is 0 Å². The second-order valence-electron chi connectivity index (χ2n) is 6.77. The van der Waals surface area contributed by atoms with Crippen LogP contribution in [0.25, 0.3) is 0 Å². The molecule has 2 rings (SSSR count). The van der Waals surface area contributed by atoms with Gasteiger partial charge in [-0.25, -0.2) is 8.42 Å². The van der Waals surface area contributed by atoms with Crippen molar-refractivity contribution in [3.63, 3.8) is 0 Å². The fourth-order valence-electron chi connectivity index (χ4n) is 3.34. The van der Waals surface area contributed by atoms with Crippen LogP contribution in [0.5, 0.6) is 0 Å². The molecule has 6 heteroatoms. The second kappa shape index (κ2) is 7.23. The van der Waals surface area contributed by atoms with Crippen molar-refractivity contribution in [1.82, 2.24) is 9.21 Å². The monoisotopic (exact) mass is 352 g/mol. The molecule has 0 spiro atoms. The smallest absolute Gasteiger partial charge is 0.243 e. The summed E-state index contributed by atoms with van der Waals surface area (Å²) in [7, 11) is -3.52. The van der Waals surface area contributed by atoms with Crippen LogP contribution in [-0.4, -0.2) is 49.7 Å². The van der Waals surface area contributed by atoms with Crippen LogP contribution in [0, 0.1) is 26.7 Å². The Morgan fingerprint density at radius 2 is 1.58 bits per heavy atom. The molecule has 1 atom stereocenters. The zero-order valence-electron chi connectivity index (χ0n) is 15.3. The average Bonchev–Trinajstić information content (AvgIpc) is 2.52. The van der Waals surface area contributed by atoms with Crippen molar-refractivity contribution in [3.8, 4) is 0 Å². The molecule has 1 saturated heterocycles. The first kappa shape index (κ1) is 18.9. The third-order valence-electron chi connectivity index (χ3n) is 4.79. The van der Waals surface area contributed by atoms with E-state index in [1.54, 1.807) is 4.90 Å². The summed E-state index contributed by atoms with van der Waals surface area (Å²) in [4.78, 5) is 14.5. The third-order valence-corrected chi connectivity index (χ3v) is 6.99. The molecule has 1 aromatic rings. The summed E-state index contributed by atoms with van der Waals surface area (Å²) < 4.78 is 27.6. The summed E-state index contributed by atoms with van der Waals surface area (Å²) in [6, 6.07) is 3.81. The van der Waals surface area contributed by atoms with Crippen LogP contribution in [-0.2, 0) is 14.8 Å². The first-order valence-corrected chi connectivity index (χ1v) is 9.99. The van der Waals surface area contributed by atoms with Crippen LogP contribution >= 0.6 is 0 Å². The fourth-order valence-corrected chi connectivity index (χ4v) is 5.17. The van der Waals surface area contributed by atoms with Crippen molar-refractivity contribution in [1.29, 1.82) is 0 Å². The maximum Gasteiger partial charge on any atom is 0.243 e. The van der Waals surface area contributed by atoms with Crippen LogP contribution < -0.4 is 0 Å². The average molecular weight is 353 g/mol. The molecule has 0 N–H and O–H groups in total. The Balaban J connectivity index is 2.18. The van der Waals surface area contributed by atoms with E-state index in [0.29, 0.717) is 31.1 Å². The minimum absolute atomic E-state index is 0.00487. The topological polar surface area (TPSA) is 57.7 Å². The zero-order valence-corrected chi connectivity index (χ0v) is 16.1. The van der Waals surface area contributed by atoms with Gasteiger partial charge in [-0.3, -0.25) is 4.79 Å². The van der Waals surface area contributed by atoms with Gasteiger partial charge in [0.15, 0.2) is 0 Å². The van der Waals surface area contributed by atoms with Gasteiger partial charge >= 0.3 is 0 Å². The fraction of sp³-hybridized carbons (Fsp3) is 0.611. The van der Waals surface area contributed by atoms with E-state index in [2.05, 4.69) is 0 Å². The highest BCUT2D eigenvalue weighted by molar-refractivity contribution is 7.89. The van der Waals surface area contributed by atoms with Gasteiger partial charge in [-0.2, -0.15) is 4.31 Å². The van der Waals surface area contributed by atoms with Crippen LogP contribution in [0.3, 0.4) is 0 Å². The van der Waals surface area contributed by atoms with E-state index in [-0.39, 0.29) is 11.8 Å². The number of piperazine rings is 1. The molecule has 0 aromatic heterocycles. The Labute approximate surface area is 145 Å². The number of rotatable bonds is 4. The highest BCUT2D eigenvalue weighted by atomic mass is 32.2. The molecule has 1 heterocycles. The molecule has 0 bridgehead atoms. The standard InChI is InChI=1S/C18H28N2O3S/c1-6-14(3)18(21)19-7-9-20(10-8-19)24(22,23)17-15(4)11-13(2)12-16(17)5/h11-12,14H,6-10H2,1-5H3/t14-/m0/s1. The summed E-state index contributed by atoms with van der Waals surface area (Å²) in [5, 5.41) is 0. The lowest BCUT2D eigenvalue weighted by atomic mass is 10.1. The van der Waals surface area contributed by atoms with Gasteiger partial charge in [-0.1, -0.05) is 31.5 Å². The first-order valence-electron chi connectivity index (χ1n) is 8.55. The Hall–Kier alpha value is -1.40. The number of carbonyl (C=O) groups excluding carboxylic acids is 1. The van der Waals surface area contributed by atoms with Crippen molar-refractivity contribution >= 4 is 15.9 Å². The van der Waals surface area contributed by atoms with Gasteiger partial charge in [0.1, 0.15) is 0 Å². The number of sulfonamides is 1. The molecule has 0 unspecified atom stereocenters. The maximum atomic E-state index is 13.0. The molecule has 1 aliphatic heterocycles. The molecule has 1 fully saturated rings. The number of benzene rings is 1. The van der Waals surface area contributed by atoms with E-state index >= 15 is 0 Å². The van der Waals surface area contributed by atoms with Gasteiger partial charge in [0, 0.05) is 32.1 Å². The van der Waals surface area contributed by atoms with Crippen molar-refractivity contribution in [2.75, 3.05) is 26.2 Å². The van der Waals surface area contributed by atoms with Crippen molar-refractivity contribution in [2.24, 2.45) is 5.92 Å². The SMILES string of the molecule is CC[C@H](C)C(=O)N1CCN(S(=O)(=O)c2c(C)cc(C)cc2C)CC1. The molecule has 1 aliphatic rings. The number of nitrogens with zero attached hydrogens (tertiary/aromatic N) is 2. The predicted octanol–water partition coefficient (Wildman–Crippen LogP) is 2.49. The van der Waals surface area contributed by atoms with Gasteiger partial charge in [-0.05, 0) is 38.3 Å². The Morgan fingerprint density at radius 1 is 1.08 bits per heavy atom. The molecule has 134 valence electrons. The van der Waals surface area contributed by atoms with Crippen LogP contribution in [0.15, 0.2) is 17.0 Å². The molecular formula is C18H28N2O3S. The summed E-state index contributed by atoms with van der Waals surface area (Å²) in [5.41, 5.74) is 2.63. The molecule has 24 heavy (non-hydrogen) atoms. The third kappa shape index (κ3) is 3.64. The van der Waals surface area contributed by atoms with Gasteiger partial charge in [0.2, 0.25) is 15.9 Å². The van der Waals surface area contributed by atoms with Crippen molar-refractivity contribution < 1.29 is 13.2 Å². The Morgan fingerprint density at radius 3 is 2.04 bits per heavy atom. The van der Waals surface area contributed by atoms with Crippen LogP contribution in [0.2, 0.25) is 0 Å². The minimum Gasteiger partial charge on any atom is -0.340 e. The zero-order chi connectivity index (χ0) is 18.1. The highest BCUT2D eigenvalue weighted by Gasteiger charge is 2.32. The highest BCUT2D eigenvalue weighted by Crippen LogP contribution is 2.26. The van der Waals surface area contributed by atoms with E-state index in [1.807, 2.05) is 46.8 Å². The largest absolute Gasteiger partial charge is 0.340 e. The van der Waals surface area contributed by atoms with Gasteiger partial charge in [0.05, 0.1) is 4.90 Å². The Kier molecular flexibility index (Phi) is 5.71. The lowest BCUT2D eigenvalue weighted by Gasteiger charge is -2.35. The van der Waals surface area contributed by atoms with E-state index in [4.69, 9.17) is 0 Å². The van der Waals surface area contributed by atoms with Crippen molar-refractivity contribution in [2.45, 2.75) is 45.9 Å². The molecule has 1 aromatic carbocycles. The lowest BCUT2D eigenvalue weighted by Crippen LogP contribution is -2.51. The lowest BCUT2D eigenvalue weighted by molar-refractivity contribution is -0.136. The molecule has 0 saturated carbocycles. The number of amides is 1. The van der Waals surface area contributed by atoms with Gasteiger partial charge < -0.3 is 4.90 Å². The number of aryl methyl sites for hydroxylation is 3. The minimum atomic E-state index is -3.52. The maximum absolute atomic E-state index is 13.0. The molecule has 5 nitrogen and oxygen atoms in total. The number of hydrogen-bond donors (Lipinski definition) is 0. The van der Waals surface area contributed by atoms with E-state index < -0.39 is 10.0 Å². The predicted molar refractivity (Wildman–Crippen MR) is 95.4 cm³/mol. The second-order valence-corrected chi connectivity index (χ2v) is 8.64. The van der Waals surface area contributed by atoms with Crippen molar-refractivity contribution in [3.05, 3.63) is 28.8 Å². The number of hydrogen-bond acceptors (Lipinski definition) is 3. The molecule has 0 radical (unpaired) electrons. The summed E-state index contributed by atoms with van der Waals surface area (Å²) in [5.74, 6) is 0.118. The molecule has 0 aliphatic carbocycles.